The quantitative estimate of drug-likeness (QED) is 0.876. The van der Waals surface area contributed by atoms with Crippen LogP contribution in [0, 0.1) is 17.2 Å². The van der Waals surface area contributed by atoms with Crippen molar-refractivity contribution in [2.45, 2.75) is 43.5 Å². The van der Waals surface area contributed by atoms with Gasteiger partial charge in [-0.3, -0.25) is 0 Å². The van der Waals surface area contributed by atoms with Gasteiger partial charge in [0.15, 0.2) is 9.84 Å². The van der Waals surface area contributed by atoms with E-state index in [9.17, 15) is 8.42 Å². The largest absolute Gasteiger partial charge is 0.313 e. The molecule has 1 N–H and O–H groups in total. The maximum atomic E-state index is 12.3. The molecule has 0 bridgehead atoms. The Labute approximate surface area is 127 Å². The van der Waals surface area contributed by atoms with Gasteiger partial charge in [-0.1, -0.05) is 18.9 Å². The average molecular weight is 306 g/mol. The molecular weight excluding hydrogens is 284 g/mol. The van der Waals surface area contributed by atoms with E-state index in [1.54, 1.807) is 18.2 Å². The van der Waals surface area contributed by atoms with Gasteiger partial charge < -0.3 is 5.32 Å². The van der Waals surface area contributed by atoms with Gasteiger partial charge in [-0.2, -0.15) is 5.26 Å². The topological polar surface area (TPSA) is 70.0 Å². The van der Waals surface area contributed by atoms with Gasteiger partial charge in [0.2, 0.25) is 0 Å². The molecule has 4 nitrogen and oxygen atoms in total. The first-order valence-electron chi connectivity index (χ1n) is 7.49. The molecule has 1 aromatic rings. The summed E-state index contributed by atoms with van der Waals surface area (Å²) in [6.07, 6.45) is 5.06. The summed E-state index contributed by atoms with van der Waals surface area (Å²) in [5.41, 5.74) is 0.378. The second-order valence-electron chi connectivity index (χ2n) is 5.75. The van der Waals surface area contributed by atoms with Crippen molar-refractivity contribution >= 4 is 9.84 Å². The van der Waals surface area contributed by atoms with Gasteiger partial charge in [0.1, 0.15) is 0 Å². The number of benzene rings is 1. The van der Waals surface area contributed by atoms with Crippen LogP contribution in [0.1, 0.15) is 38.2 Å². The SMILES string of the molecule is CC(NCCS(=O)(=O)c1cccc(C#N)c1)C1CCCC1. The highest BCUT2D eigenvalue weighted by molar-refractivity contribution is 7.91. The molecule has 0 amide bonds. The number of hydrogen-bond acceptors (Lipinski definition) is 4. The predicted octanol–water partition coefficient (Wildman–Crippen LogP) is 2.50. The average Bonchev–Trinajstić information content (AvgIpc) is 3.01. The fraction of sp³-hybridized carbons (Fsp3) is 0.562. The molecule has 0 heterocycles. The molecule has 0 spiro atoms. The third-order valence-corrected chi connectivity index (χ3v) is 5.98. The van der Waals surface area contributed by atoms with Gasteiger partial charge in [0.25, 0.3) is 0 Å². The summed E-state index contributed by atoms with van der Waals surface area (Å²) >= 11 is 0. The molecule has 5 heteroatoms. The first-order chi connectivity index (χ1) is 10.0. The Bertz CT molecular complexity index is 613. The van der Waals surface area contributed by atoms with Crippen LogP contribution in [-0.4, -0.2) is 26.8 Å². The lowest BCUT2D eigenvalue weighted by molar-refractivity contribution is 0.389. The Hall–Kier alpha value is -1.38. The zero-order chi connectivity index (χ0) is 15.3. The summed E-state index contributed by atoms with van der Waals surface area (Å²) in [6.45, 7) is 2.59. The lowest BCUT2D eigenvalue weighted by atomic mass is 10.00. The van der Waals surface area contributed by atoms with Crippen LogP contribution < -0.4 is 5.32 Å². The zero-order valence-corrected chi connectivity index (χ0v) is 13.2. The molecule has 1 aromatic carbocycles. The molecule has 1 unspecified atom stereocenters. The Morgan fingerprint density at radius 1 is 1.38 bits per heavy atom. The summed E-state index contributed by atoms with van der Waals surface area (Å²) < 4.78 is 24.5. The van der Waals surface area contributed by atoms with Crippen molar-refractivity contribution in [3.8, 4) is 6.07 Å². The van der Waals surface area contributed by atoms with E-state index >= 15 is 0 Å². The third-order valence-electron chi connectivity index (χ3n) is 4.27. The van der Waals surface area contributed by atoms with E-state index in [4.69, 9.17) is 5.26 Å². The van der Waals surface area contributed by atoms with E-state index in [-0.39, 0.29) is 10.6 Å². The first-order valence-corrected chi connectivity index (χ1v) is 9.14. The van der Waals surface area contributed by atoms with Crippen molar-refractivity contribution in [1.29, 1.82) is 5.26 Å². The second kappa shape index (κ2) is 7.06. The van der Waals surface area contributed by atoms with Gasteiger partial charge in [-0.15, -0.1) is 0 Å². The highest BCUT2D eigenvalue weighted by Gasteiger charge is 2.22. The summed E-state index contributed by atoms with van der Waals surface area (Å²) in [6, 6.07) is 8.55. The maximum absolute atomic E-state index is 12.3. The minimum atomic E-state index is -3.33. The Balaban J connectivity index is 1.90. The summed E-state index contributed by atoms with van der Waals surface area (Å²) in [4.78, 5) is 0.233. The fourth-order valence-corrected chi connectivity index (χ4v) is 4.14. The van der Waals surface area contributed by atoms with E-state index in [1.165, 1.54) is 31.7 Å². The molecule has 1 aliphatic rings. The summed E-state index contributed by atoms with van der Waals surface area (Å²) in [7, 11) is -3.33. The van der Waals surface area contributed by atoms with Crippen LogP contribution in [0.5, 0.6) is 0 Å². The van der Waals surface area contributed by atoms with Crippen LogP contribution in [0.15, 0.2) is 29.2 Å². The van der Waals surface area contributed by atoms with Crippen molar-refractivity contribution in [3.63, 3.8) is 0 Å². The van der Waals surface area contributed by atoms with E-state index in [0.29, 0.717) is 24.1 Å². The zero-order valence-electron chi connectivity index (χ0n) is 12.4. The lowest BCUT2D eigenvalue weighted by Gasteiger charge is -2.20. The van der Waals surface area contributed by atoms with Gasteiger partial charge in [0.05, 0.1) is 22.3 Å². The molecule has 1 atom stereocenters. The van der Waals surface area contributed by atoms with Gasteiger partial charge >= 0.3 is 0 Å². The predicted molar refractivity (Wildman–Crippen MR) is 82.6 cm³/mol. The minimum Gasteiger partial charge on any atom is -0.313 e. The van der Waals surface area contributed by atoms with E-state index in [0.717, 1.165) is 0 Å². The van der Waals surface area contributed by atoms with E-state index in [2.05, 4.69) is 12.2 Å². The van der Waals surface area contributed by atoms with E-state index in [1.807, 2.05) is 6.07 Å². The molecular formula is C16H22N2O2S. The number of nitrogens with zero attached hydrogens (tertiary/aromatic N) is 1. The Kier molecular flexibility index (Phi) is 5.38. The molecule has 2 rings (SSSR count). The molecule has 114 valence electrons. The van der Waals surface area contributed by atoms with Gasteiger partial charge in [-0.25, -0.2) is 8.42 Å². The number of rotatable bonds is 6. The van der Waals surface area contributed by atoms with Crippen LogP contribution in [0.25, 0.3) is 0 Å². The molecule has 21 heavy (non-hydrogen) atoms. The lowest BCUT2D eigenvalue weighted by Crippen LogP contribution is -2.35. The number of hydrogen-bond donors (Lipinski definition) is 1. The number of nitriles is 1. The molecule has 1 saturated carbocycles. The molecule has 1 aliphatic carbocycles. The number of nitrogens with one attached hydrogen (secondary N) is 1. The number of sulfone groups is 1. The van der Waals surface area contributed by atoms with E-state index < -0.39 is 9.84 Å². The normalized spacial score (nSPS) is 17.5. The van der Waals surface area contributed by atoms with Crippen LogP contribution in [0.2, 0.25) is 0 Å². The second-order valence-corrected chi connectivity index (χ2v) is 7.85. The monoisotopic (exact) mass is 306 g/mol. The first kappa shape index (κ1) is 16.0. The van der Waals surface area contributed by atoms with Crippen molar-refractivity contribution in [2.75, 3.05) is 12.3 Å². The van der Waals surface area contributed by atoms with Crippen LogP contribution in [-0.2, 0) is 9.84 Å². The smallest absolute Gasteiger partial charge is 0.179 e. The molecule has 0 aromatic heterocycles. The molecule has 0 radical (unpaired) electrons. The van der Waals surface area contributed by atoms with Crippen molar-refractivity contribution in [1.82, 2.24) is 5.32 Å². The summed E-state index contributed by atoms with van der Waals surface area (Å²) in [5, 5.41) is 12.2. The van der Waals surface area contributed by atoms with Crippen LogP contribution in [0.3, 0.4) is 0 Å². The molecule has 1 fully saturated rings. The highest BCUT2D eigenvalue weighted by atomic mass is 32.2. The standard InChI is InChI=1S/C16H22N2O2S/c1-13(15-6-2-3-7-15)18-9-10-21(19,20)16-8-4-5-14(11-16)12-17/h4-5,8,11,13,15,18H,2-3,6-7,9-10H2,1H3. The Morgan fingerprint density at radius 3 is 2.76 bits per heavy atom. The van der Waals surface area contributed by atoms with Crippen molar-refractivity contribution < 1.29 is 8.42 Å². The van der Waals surface area contributed by atoms with Gasteiger partial charge in [0, 0.05) is 12.6 Å². The fourth-order valence-electron chi connectivity index (χ4n) is 2.92. The third kappa shape index (κ3) is 4.29. The maximum Gasteiger partial charge on any atom is 0.179 e. The summed E-state index contributed by atoms with van der Waals surface area (Å²) in [5.74, 6) is 0.744. The van der Waals surface area contributed by atoms with Crippen molar-refractivity contribution in [2.24, 2.45) is 5.92 Å². The minimum absolute atomic E-state index is 0.0684. The Morgan fingerprint density at radius 2 is 2.10 bits per heavy atom. The molecule has 0 saturated heterocycles. The highest BCUT2D eigenvalue weighted by Crippen LogP contribution is 2.27. The molecule has 0 aliphatic heterocycles. The van der Waals surface area contributed by atoms with Crippen molar-refractivity contribution in [3.05, 3.63) is 29.8 Å². The van der Waals surface area contributed by atoms with Gasteiger partial charge in [-0.05, 0) is 43.9 Å². The van der Waals surface area contributed by atoms with Crippen LogP contribution in [0.4, 0.5) is 0 Å². The van der Waals surface area contributed by atoms with Crippen LogP contribution >= 0.6 is 0 Å².